The topological polar surface area (TPSA) is 96.3 Å². The van der Waals surface area contributed by atoms with Gasteiger partial charge in [-0.05, 0) is 31.8 Å². The van der Waals surface area contributed by atoms with E-state index in [1.165, 1.54) is 0 Å². The highest BCUT2D eigenvalue weighted by Crippen LogP contribution is 2.27. The van der Waals surface area contributed by atoms with Crippen LogP contribution in [0.2, 0.25) is 0 Å². The van der Waals surface area contributed by atoms with Gasteiger partial charge in [0.1, 0.15) is 6.61 Å². The summed E-state index contributed by atoms with van der Waals surface area (Å²) in [6.45, 7) is 4.43. The van der Waals surface area contributed by atoms with Crippen LogP contribution in [0, 0.1) is 5.92 Å². The summed E-state index contributed by atoms with van der Waals surface area (Å²) in [5.74, 6) is -0.440. The molecule has 0 saturated carbocycles. The largest absolute Gasteiger partial charge is 0.489 e. The molecule has 7 nitrogen and oxygen atoms in total. The lowest BCUT2D eigenvalue weighted by molar-refractivity contribution is -0.134. The van der Waals surface area contributed by atoms with E-state index in [9.17, 15) is 9.59 Å². The first-order chi connectivity index (χ1) is 14.3. The minimum Gasteiger partial charge on any atom is -0.489 e. The van der Waals surface area contributed by atoms with Crippen LogP contribution in [0.4, 0.5) is 0 Å². The lowest BCUT2D eigenvalue weighted by Gasteiger charge is -2.18. The van der Waals surface area contributed by atoms with Crippen molar-refractivity contribution in [2.45, 2.75) is 13.5 Å². The molecule has 0 aromatic heterocycles. The zero-order chi connectivity index (χ0) is 22.4. The molecule has 0 fully saturated rings. The number of para-hydroxylation sites is 2. The zero-order valence-electron chi connectivity index (χ0n) is 17.5. The van der Waals surface area contributed by atoms with Crippen molar-refractivity contribution < 1.29 is 29.3 Å². The molecule has 162 valence electrons. The molecule has 0 aliphatic heterocycles. The third-order valence-electron chi connectivity index (χ3n) is 3.65. The van der Waals surface area contributed by atoms with Gasteiger partial charge in [-0.3, -0.25) is 0 Å². The highest BCUT2D eigenvalue weighted by Gasteiger charge is 2.08. The van der Waals surface area contributed by atoms with Gasteiger partial charge in [0.15, 0.2) is 11.5 Å². The Balaban J connectivity index is 0.000000479. The minimum atomic E-state index is -1.26. The quantitative estimate of drug-likeness (QED) is 0.573. The van der Waals surface area contributed by atoms with Gasteiger partial charge < -0.3 is 24.6 Å². The van der Waals surface area contributed by atoms with Gasteiger partial charge >= 0.3 is 11.9 Å². The second kappa shape index (κ2) is 13.8. The molecule has 1 atom stereocenters. The van der Waals surface area contributed by atoms with E-state index in [1.54, 1.807) is 0 Å². The molecule has 2 N–H and O–H groups in total. The van der Waals surface area contributed by atoms with Crippen LogP contribution in [0.1, 0.15) is 12.5 Å². The first-order valence-corrected chi connectivity index (χ1v) is 9.45. The summed E-state index contributed by atoms with van der Waals surface area (Å²) in [4.78, 5) is 21.3. The van der Waals surface area contributed by atoms with Crippen molar-refractivity contribution in [3.63, 3.8) is 0 Å². The summed E-state index contributed by atoms with van der Waals surface area (Å²) in [5, 5.41) is 15.6. The molecule has 7 heteroatoms. The number of carbonyl (C=O) groups is 2. The molecule has 0 spiro atoms. The molecule has 0 aliphatic carbocycles. The standard InChI is InChI=1S/C19H25NO2.C4H4O4/c1-16(13-20(2)3)14-21-18-11-7-8-12-19(18)22-15-17-9-5-4-6-10-17;5-3(6)1-2-4(7)8/h4-12,16H,13-15H2,1-3H3;1-2H,(H,5,6)(H,7,8)/b;2-1+. The minimum absolute atomic E-state index is 0.470. The van der Waals surface area contributed by atoms with Gasteiger partial charge in [-0.15, -0.1) is 0 Å². The number of carboxylic acids is 2. The average molecular weight is 415 g/mol. The van der Waals surface area contributed by atoms with Crippen molar-refractivity contribution in [2.24, 2.45) is 5.92 Å². The SMILES string of the molecule is CC(COc1ccccc1OCc1ccccc1)CN(C)C.O=C(O)/C=C/C(=O)O. The fourth-order valence-electron chi connectivity index (χ4n) is 2.47. The van der Waals surface area contributed by atoms with Crippen LogP contribution in [0.3, 0.4) is 0 Å². The van der Waals surface area contributed by atoms with Crippen LogP contribution < -0.4 is 9.47 Å². The van der Waals surface area contributed by atoms with Gasteiger partial charge in [0.2, 0.25) is 0 Å². The van der Waals surface area contributed by atoms with Crippen molar-refractivity contribution in [1.82, 2.24) is 4.90 Å². The molecule has 0 bridgehead atoms. The Bertz CT molecular complexity index is 788. The maximum atomic E-state index is 9.55. The van der Waals surface area contributed by atoms with Crippen LogP contribution in [0.15, 0.2) is 66.7 Å². The summed E-state index contributed by atoms with van der Waals surface area (Å²) in [5.41, 5.74) is 1.15. The van der Waals surface area contributed by atoms with E-state index in [4.69, 9.17) is 19.7 Å². The Morgan fingerprint density at radius 3 is 1.90 bits per heavy atom. The normalized spacial score (nSPS) is 11.5. The van der Waals surface area contributed by atoms with Crippen molar-refractivity contribution in [2.75, 3.05) is 27.2 Å². The lowest BCUT2D eigenvalue weighted by Crippen LogP contribution is -2.24. The van der Waals surface area contributed by atoms with Gasteiger partial charge in [-0.2, -0.15) is 0 Å². The molecule has 2 aromatic rings. The number of hydrogen-bond acceptors (Lipinski definition) is 5. The Morgan fingerprint density at radius 1 is 0.900 bits per heavy atom. The Labute approximate surface area is 177 Å². The zero-order valence-corrected chi connectivity index (χ0v) is 17.5. The van der Waals surface area contributed by atoms with E-state index < -0.39 is 11.9 Å². The fraction of sp³-hybridized carbons (Fsp3) is 0.304. The Kier molecular flexibility index (Phi) is 11.4. The van der Waals surface area contributed by atoms with Crippen LogP contribution >= 0.6 is 0 Å². The molecule has 2 rings (SSSR count). The smallest absolute Gasteiger partial charge is 0.328 e. The number of benzene rings is 2. The molecular formula is C23H29NO6. The van der Waals surface area contributed by atoms with E-state index in [0.717, 1.165) is 23.6 Å². The number of hydrogen-bond donors (Lipinski definition) is 2. The van der Waals surface area contributed by atoms with Crippen molar-refractivity contribution in [1.29, 1.82) is 0 Å². The third-order valence-corrected chi connectivity index (χ3v) is 3.65. The van der Waals surface area contributed by atoms with Gasteiger partial charge in [0, 0.05) is 24.6 Å². The van der Waals surface area contributed by atoms with Crippen LogP contribution in [-0.4, -0.2) is 54.3 Å². The average Bonchev–Trinajstić information content (AvgIpc) is 2.70. The number of ether oxygens (including phenoxy) is 2. The van der Waals surface area contributed by atoms with Gasteiger partial charge in [-0.25, -0.2) is 9.59 Å². The van der Waals surface area contributed by atoms with Gasteiger partial charge in [0.25, 0.3) is 0 Å². The molecule has 0 aliphatic rings. The van der Waals surface area contributed by atoms with Crippen LogP contribution in [-0.2, 0) is 16.2 Å². The second-order valence-electron chi connectivity index (χ2n) is 6.91. The summed E-state index contributed by atoms with van der Waals surface area (Å²) in [6, 6.07) is 18.0. The molecule has 1 unspecified atom stereocenters. The first kappa shape index (κ1) is 24.7. The number of nitrogens with zero attached hydrogens (tertiary/aromatic N) is 1. The molecular weight excluding hydrogens is 386 g/mol. The van der Waals surface area contributed by atoms with E-state index >= 15 is 0 Å². The summed E-state index contributed by atoms with van der Waals surface area (Å²) in [6.07, 6.45) is 1.12. The molecule has 0 amide bonds. The van der Waals surface area contributed by atoms with Crippen LogP contribution in [0.5, 0.6) is 11.5 Å². The first-order valence-electron chi connectivity index (χ1n) is 9.45. The van der Waals surface area contributed by atoms with Crippen molar-refractivity contribution in [3.8, 4) is 11.5 Å². The van der Waals surface area contributed by atoms with Crippen molar-refractivity contribution in [3.05, 3.63) is 72.3 Å². The summed E-state index contributed by atoms with van der Waals surface area (Å²) < 4.78 is 11.8. The van der Waals surface area contributed by atoms with E-state index in [-0.39, 0.29) is 0 Å². The Hall–Kier alpha value is -3.32. The summed E-state index contributed by atoms with van der Waals surface area (Å²) in [7, 11) is 4.15. The predicted octanol–water partition coefficient (Wildman–Crippen LogP) is 3.55. The van der Waals surface area contributed by atoms with E-state index in [1.807, 2.05) is 42.5 Å². The third kappa shape index (κ3) is 11.5. The highest BCUT2D eigenvalue weighted by atomic mass is 16.5. The number of carboxylic acid groups (broad SMARTS) is 2. The Morgan fingerprint density at radius 2 is 1.40 bits per heavy atom. The van der Waals surface area contributed by atoms with Crippen LogP contribution in [0.25, 0.3) is 0 Å². The molecule has 0 heterocycles. The second-order valence-corrected chi connectivity index (χ2v) is 6.91. The van der Waals surface area contributed by atoms with Gasteiger partial charge in [0.05, 0.1) is 6.61 Å². The fourth-order valence-corrected chi connectivity index (χ4v) is 2.47. The maximum absolute atomic E-state index is 9.55. The molecule has 0 saturated heterocycles. The highest BCUT2D eigenvalue weighted by molar-refractivity contribution is 5.89. The van der Waals surface area contributed by atoms with Gasteiger partial charge in [-0.1, -0.05) is 49.4 Å². The number of rotatable bonds is 10. The van der Waals surface area contributed by atoms with E-state index in [2.05, 4.69) is 38.1 Å². The predicted molar refractivity (Wildman–Crippen MR) is 115 cm³/mol. The molecule has 0 radical (unpaired) electrons. The number of aliphatic carboxylic acids is 2. The molecule has 2 aromatic carbocycles. The summed E-state index contributed by atoms with van der Waals surface area (Å²) >= 11 is 0. The molecule has 30 heavy (non-hydrogen) atoms. The lowest BCUT2D eigenvalue weighted by atomic mass is 10.2. The van der Waals surface area contributed by atoms with E-state index in [0.29, 0.717) is 31.3 Å². The maximum Gasteiger partial charge on any atom is 0.328 e. The van der Waals surface area contributed by atoms with Crippen molar-refractivity contribution >= 4 is 11.9 Å². The monoisotopic (exact) mass is 415 g/mol.